The van der Waals surface area contributed by atoms with Gasteiger partial charge in [0.2, 0.25) is 0 Å². The standard InChI is InChI=1S/C25H22P.C14H10O4S/c1-5-13-22(14-6-1)21-26(23-15-7-2-8-16-23,24-17-9-3-10-18-24)25-19-11-4-12-20-25;15-13(16)9-5-1-3-7-11(9)19-12-8-4-2-6-10(12)14(17)18/h1-20H,21H2;1-8H,(H,15,16)(H,17,18)/q+1;. The number of aromatic carboxylic acids is 2. The van der Waals surface area contributed by atoms with Gasteiger partial charge in [-0.1, -0.05) is 121 Å². The fourth-order valence-corrected chi connectivity index (χ4v) is 10.5. The molecule has 222 valence electrons. The first-order valence-electron chi connectivity index (χ1n) is 14.4. The molecule has 0 heterocycles. The average molecular weight is 628 g/mol. The Hall–Kier alpha value is -4.96. The molecule has 0 aliphatic rings. The molecule has 0 aromatic heterocycles. The number of hydrogen-bond acceptors (Lipinski definition) is 3. The Bertz CT molecular complexity index is 1690. The van der Waals surface area contributed by atoms with E-state index >= 15 is 0 Å². The van der Waals surface area contributed by atoms with Gasteiger partial charge < -0.3 is 10.2 Å². The first-order chi connectivity index (χ1) is 22.0. The van der Waals surface area contributed by atoms with E-state index in [1.165, 1.54) is 33.6 Å². The summed E-state index contributed by atoms with van der Waals surface area (Å²) in [6, 6.07) is 57.1. The van der Waals surface area contributed by atoms with Crippen molar-refractivity contribution in [2.75, 3.05) is 0 Å². The van der Waals surface area contributed by atoms with Gasteiger partial charge in [-0.2, -0.15) is 0 Å². The SMILES string of the molecule is O=C(O)c1ccccc1Sc1ccccc1C(=O)O.c1ccc(C[P+](c2ccccc2)(c2ccccc2)c2ccccc2)cc1. The molecule has 6 heteroatoms. The van der Waals surface area contributed by atoms with Crippen molar-refractivity contribution in [2.24, 2.45) is 0 Å². The first kappa shape index (κ1) is 31.5. The second-order valence-corrected chi connectivity index (χ2v) is 14.7. The molecule has 0 saturated heterocycles. The molecule has 2 N–H and O–H groups in total. The summed E-state index contributed by atoms with van der Waals surface area (Å²) in [4.78, 5) is 23.2. The Kier molecular flexibility index (Phi) is 10.6. The molecule has 6 aromatic carbocycles. The number of hydrogen-bond donors (Lipinski definition) is 2. The first-order valence-corrected chi connectivity index (χ1v) is 17.2. The summed E-state index contributed by atoms with van der Waals surface area (Å²) in [5.41, 5.74) is 1.71. The van der Waals surface area contributed by atoms with E-state index in [1.54, 1.807) is 36.4 Å². The van der Waals surface area contributed by atoms with Crippen LogP contribution in [-0.4, -0.2) is 22.2 Å². The van der Waals surface area contributed by atoms with E-state index in [0.29, 0.717) is 9.79 Å². The zero-order chi connectivity index (χ0) is 31.5. The topological polar surface area (TPSA) is 74.6 Å². The summed E-state index contributed by atoms with van der Waals surface area (Å²) in [5.74, 6) is -2.06. The molecular formula is C39H32O4PS+. The third-order valence-corrected chi connectivity index (χ3v) is 12.8. The molecule has 0 aliphatic heterocycles. The Balaban J connectivity index is 0.000000187. The second kappa shape index (κ2) is 15.2. The van der Waals surface area contributed by atoms with Crippen molar-refractivity contribution >= 4 is 46.9 Å². The number of benzene rings is 6. The maximum absolute atomic E-state index is 11.1. The van der Waals surface area contributed by atoms with Crippen molar-refractivity contribution < 1.29 is 19.8 Å². The van der Waals surface area contributed by atoms with Gasteiger partial charge in [-0.3, -0.25) is 0 Å². The van der Waals surface area contributed by atoms with E-state index in [2.05, 4.69) is 121 Å². The molecule has 0 saturated carbocycles. The minimum absolute atomic E-state index is 0.160. The van der Waals surface area contributed by atoms with E-state index in [-0.39, 0.29) is 11.1 Å². The second-order valence-electron chi connectivity index (χ2n) is 10.2. The van der Waals surface area contributed by atoms with Gasteiger partial charge in [-0.25, -0.2) is 9.59 Å². The van der Waals surface area contributed by atoms with E-state index < -0.39 is 19.2 Å². The third kappa shape index (κ3) is 7.58. The van der Waals surface area contributed by atoms with Gasteiger partial charge in [0.05, 0.1) is 17.3 Å². The van der Waals surface area contributed by atoms with Crippen molar-refractivity contribution in [3.8, 4) is 0 Å². The molecule has 0 aliphatic carbocycles. The Labute approximate surface area is 268 Å². The fourth-order valence-electron chi connectivity index (χ4n) is 5.21. The molecule has 4 nitrogen and oxygen atoms in total. The van der Waals surface area contributed by atoms with Crippen molar-refractivity contribution in [1.82, 2.24) is 0 Å². The summed E-state index contributed by atoms with van der Waals surface area (Å²) >= 11 is 1.14. The lowest BCUT2D eigenvalue weighted by Gasteiger charge is -2.27. The maximum Gasteiger partial charge on any atom is 0.336 e. The average Bonchev–Trinajstić information content (AvgIpc) is 3.09. The molecule has 0 bridgehead atoms. The zero-order valence-electron chi connectivity index (χ0n) is 24.4. The van der Waals surface area contributed by atoms with E-state index in [0.717, 1.165) is 17.9 Å². The number of carboxylic acids is 2. The molecule has 0 atom stereocenters. The van der Waals surface area contributed by atoms with Gasteiger partial charge in [-0.15, -0.1) is 0 Å². The molecule has 0 radical (unpaired) electrons. The van der Waals surface area contributed by atoms with Crippen LogP contribution in [0.1, 0.15) is 26.3 Å². The van der Waals surface area contributed by atoms with Crippen molar-refractivity contribution in [1.29, 1.82) is 0 Å². The highest BCUT2D eigenvalue weighted by Crippen LogP contribution is 2.58. The zero-order valence-corrected chi connectivity index (χ0v) is 26.2. The summed E-state index contributed by atoms with van der Waals surface area (Å²) in [7, 11) is -1.78. The minimum Gasteiger partial charge on any atom is -0.478 e. The highest BCUT2D eigenvalue weighted by molar-refractivity contribution is 7.99. The van der Waals surface area contributed by atoms with Gasteiger partial charge in [0, 0.05) is 9.79 Å². The molecule has 45 heavy (non-hydrogen) atoms. The monoisotopic (exact) mass is 627 g/mol. The Morgan fingerprint density at radius 2 is 0.756 bits per heavy atom. The minimum atomic E-state index is -1.78. The van der Waals surface area contributed by atoms with Crippen LogP contribution >= 0.6 is 19.0 Å². The van der Waals surface area contributed by atoms with Crippen LogP contribution < -0.4 is 15.9 Å². The van der Waals surface area contributed by atoms with Gasteiger partial charge in [0.15, 0.2) is 0 Å². The van der Waals surface area contributed by atoms with Crippen LogP contribution in [0.15, 0.2) is 180 Å². The summed E-state index contributed by atoms with van der Waals surface area (Å²) in [6.07, 6.45) is 1.03. The quantitative estimate of drug-likeness (QED) is 0.158. The van der Waals surface area contributed by atoms with Gasteiger partial charge in [-0.05, 0) is 66.2 Å². The molecular weight excluding hydrogens is 595 g/mol. The lowest BCUT2D eigenvalue weighted by atomic mass is 10.2. The Morgan fingerprint density at radius 1 is 0.444 bits per heavy atom. The van der Waals surface area contributed by atoms with Gasteiger partial charge >= 0.3 is 11.9 Å². The van der Waals surface area contributed by atoms with Crippen LogP contribution in [0.3, 0.4) is 0 Å². The summed E-state index contributed by atoms with van der Waals surface area (Å²) < 4.78 is 0. The predicted octanol–water partition coefficient (Wildman–Crippen LogP) is 8.41. The van der Waals surface area contributed by atoms with Crippen LogP contribution in [0, 0.1) is 0 Å². The molecule has 0 unspecified atom stereocenters. The number of carbonyl (C=O) groups is 2. The molecule has 0 fully saturated rings. The van der Waals surface area contributed by atoms with Crippen molar-refractivity contribution in [3.05, 3.63) is 187 Å². The van der Waals surface area contributed by atoms with Gasteiger partial charge in [0.25, 0.3) is 0 Å². The molecule has 0 amide bonds. The van der Waals surface area contributed by atoms with E-state index in [9.17, 15) is 9.59 Å². The third-order valence-electron chi connectivity index (χ3n) is 7.31. The van der Waals surface area contributed by atoms with Crippen molar-refractivity contribution in [3.63, 3.8) is 0 Å². The summed E-state index contributed by atoms with van der Waals surface area (Å²) in [5, 5.41) is 22.5. The predicted molar refractivity (Wildman–Crippen MR) is 186 cm³/mol. The van der Waals surface area contributed by atoms with Crippen molar-refractivity contribution in [2.45, 2.75) is 16.0 Å². The Morgan fingerprint density at radius 3 is 1.11 bits per heavy atom. The maximum atomic E-state index is 11.1. The fraction of sp³-hybridized carbons (Fsp3) is 0.0256. The van der Waals surface area contributed by atoms with Gasteiger partial charge in [0.1, 0.15) is 23.2 Å². The smallest absolute Gasteiger partial charge is 0.336 e. The normalized spacial score (nSPS) is 10.8. The molecule has 6 aromatic rings. The van der Waals surface area contributed by atoms with Crippen LogP contribution in [0.4, 0.5) is 0 Å². The lowest BCUT2D eigenvalue weighted by Crippen LogP contribution is -2.32. The van der Waals surface area contributed by atoms with Crippen LogP contribution in [-0.2, 0) is 6.16 Å². The largest absolute Gasteiger partial charge is 0.478 e. The molecule has 6 rings (SSSR count). The van der Waals surface area contributed by atoms with E-state index in [1.807, 2.05) is 0 Å². The lowest BCUT2D eigenvalue weighted by molar-refractivity contribution is 0.0683. The highest BCUT2D eigenvalue weighted by atomic mass is 32.2. The number of carboxylic acid groups (broad SMARTS) is 2. The molecule has 0 spiro atoms. The van der Waals surface area contributed by atoms with Crippen LogP contribution in [0.25, 0.3) is 0 Å². The van der Waals surface area contributed by atoms with Crippen LogP contribution in [0.2, 0.25) is 0 Å². The summed E-state index contributed by atoms with van der Waals surface area (Å²) in [6.45, 7) is 0. The number of rotatable bonds is 9. The van der Waals surface area contributed by atoms with E-state index in [4.69, 9.17) is 10.2 Å². The highest BCUT2D eigenvalue weighted by Gasteiger charge is 2.45. The van der Waals surface area contributed by atoms with Crippen LogP contribution in [0.5, 0.6) is 0 Å².